The number of carboxylic acid groups (broad SMARTS) is 1. The van der Waals surface area contributed by atoms with E-state index in [2.05, 4.69) is 53.0 Å². The van der Waals surface area contributed by atoms with Gasteiger partial charge in [0, 0.05) is 52.3 Å². The van der Waals surface area contributed by atoms with Gasteiger partial charge in [-0.2, -0.15) is 12.6 Å². The van der Waals surface area contributed by atoms with Gasteiger partial charge in [0.15, 0.2) is 23.8 Å². The zero-order valence-electron chi connectivity index (χ0n) is 43.2. The monoisotopic (exact) mass is 1100 g/mol. The fraction of sp³-hybridized carbons (Fsp3) is 0.700. The molecule has 0 bridgehead atoms. The molecule has 0 saturated carbocycles. The number of ether oxygens (including phenoxy) is 3. The molecule has 428 valence electrons. The predicted molar refractivity (Wildman–Crippen MR) is 280 cm³/mol. The molecule has 74 heavy (non-hydrogen) atoms. The van der Waals surface area contributed by atoms with Crippen molar-refractivity contribution in [3.8, 4) is 0 Å². The second-order valence-electron chi connectivity index (χ2n) is 16.5. The maximum absolute atomic E-state index is 12.1. The molecule has 0 spiro atoms. The number of nitrogens with one attached hydrogen (secondary N) is 3. The van der Waals surface area contributed by atoms with Crippen molar-refractivity contribution in [3.05, 3.63) is 0 Å². The fourth-order valence-electron chi connectivity index (χ4n) is 4.72. The Balaban J connectivity index is -0.000000448. The average Bonchev–Trinajstić information content (AvgIpc) is 3.26. The average molecular weight is 1100 g/mol. The molecule has 0 radical (unpaired) electrons. The van der Waals surface area contributed by atoms with Crippen molar-refractivity contribution < 1.29 is 71.7 Å². The summed E-state index contributed by atoms with van der Waals surface area (Å²) in [7, 11) is -3.85. The molecule has 26 N–H and O–H groups in total. The number of aliphatic imine (C=N–C) groups is 4. The first-order valence-corrected chi connectivity index (χ1v) is 25.6. The number of hydrogen-bond acceptors (Lipinski definition) is 21. The summed E-state index contributed by atoms with van der Waals surface area (Å²) in [5.41, 5.74) is 51.5. The molecule has 0 fully saturated rings. The van der Waals surface area contributed by atoms with Gasteiger partial charge in [0.05, 0.1) is 12.0 Å². The van der Waals surface area contributed by atoms with Crippen LogP contribution in [0.2, 0.25) is 6.55 Å². The van der Waals surface area contributed by atoms with Crippen LogP contribution < -0.4 is 73.3 Å². The van der Waals surface area contributed by atoms with Crippen molar-refractivity contribution >= 4 is 92.8 Å². The highest BCUT2D eigenvalue weighted by atomic mass is 32.1. The minimum atomic E-state index is -3.85. The van der Waals surface area contributed by atoms with E-state index in [1.165, 1.54) is 13.8 Å². The third-order valence-electron chi connectivity index (χ3n) is 8.17. The molecule has 0 aromatic carbocycles. The minimum Gasteiger partial charge on any atom is -0.480 e. The Labute approximate surface area is 437 Å². The summed E-state index contributed by atoms with van der Waals surface area (Å²) in [6.07, 6.45) is 3.32. The molecule has 0 aliphatic heterocycles. The summed E-state index contributed by atoms with van der Waals surface area (Å²) in [6.45, 7) is 11.6. The number of guanidine groups is 4. The van der Waals surface area contributed by atoms with Crippen molar-refractivity contribution in [2.75, 3.05) is 45.3 Å². The smallest absolute Gasteiger partial charge is 0.480 e. The lowest BCUT2D eigenvalue weighted by molar-refractivity contribution is -0.174. The number of amides is 3. The van der Waals surface area contributed by atoms with Gasteiger partial charge >= 0.3 is 38.7 Å². The molecule has 32 nitrogen and oxygen atoms in total. The quantitative estimate of drug-likeness (QED) is 0.00631. The van der Waals surface area contributed by atoms with E-state index in [1.807, 2.05) is 0 Å². The van der Waals surface area contributed by atoms with Crippen LogP contribution in [0, 0.1) is 5.41 Å². The van der Waals surface area contributed by atoms with Crippen LogP contribution in [-0.2, 0) is 57.0 Å². The van der Waals surface area contributed by atoms with Gasteiger partial charge < -0.3 is 107 Å². The first kappa shape index (κ1) is 73.8. The van der Waals surface area contributed by atoms with Gasteiger partial charge in [-0.1, -0.05) is 0 Å². The van der Waals surface area contributed by atoms with Gasteiger partial charge in [-0.15, -0.1) is 0 Å². The Hall–Kier alpha value is -6.75. The molecule has 0 aromatic rings. The van der Waals surface area contributed by atoms with E-state index in [9.17, 15) is 38.4 Å². The van der Waals surface area contributed by atoms with Crippen LogP contribution in [0.5, 0.6) is 0 Å². The molecule has 0 aliphatic carbocycles. The van der Waals surface area contributed by atoms with Crippen LogP contribution in [0.4, 0.5) is 0 Å². The van der Waals surface area contributed by atoms with E-state index in [1.54, 1.807) is 27.7 Å². The van der Waals surface area contributed by atoms with E-state index in [4.69, 9.17) is 86.2 Å². The van der Waals surface area contributed by atoms with Crippen LogP contribution in [0.15, 0.2) is 20.0 Å². The largest absolute Gasteiger partial charge is 0.559 e. The number of nitrogens with zero attached hydrogens (tertiary/aromatic N) is 4. The predicted octanol–water partition coefficient (Wildman–Crippen LogP) is -5.93. The summed E-state index contributed by atoms with van der Waals surface area (Å²) >= 11 is 4.02. The van der Waals surface area contributed by atoms with Crippen LogP contribution >= 0.6 is 12.6 Å². The molecular weight excluding hydrogens is 1020 g/mol. The summed E-state index contributed by atoms with van der Waals surface area (Å²) in [6, 6.07) is -4.24. The van der Waals surface area contributed by atoms with Crippen molar-refractivity contribution in [1.82, 2.24) is 16.0 Å². The Morgan fingerprint density at radius 3 is 1.30 bits per heavy atom. The normalized spacial score (nSPS) is 12.4. The van der Waals surface area contributed by atoms with E-state index in [-0.39, 0.29) is 48.0 Å². The third kappa shape index (κ3) is 47.6. The fourth-order valence-corrected chi connectivity index (χ4v) is 5.51. The maximum atomic E-state index is 12.1. The molecule has 0 rings (SSSR count). The topological polar surface area (TPSA) is 580 Å². The number of carbonyl (C=O) groups excluding carboxylic acids is 7. The first-order valence-electron chi connectivity index (χ1n) is 22.7. The van der Waals surface area contributed by atoms with Crippen LogP contribution in [0.1, 0.15) is 92.9 Å². The zero-order chi connectivity index (χ0) is 58.2. The molecule has 0 saturated heterocycles. The van der Waals surface area contributed by atoms with Crippen molar-refractivity contribution in [2.45, 2.75) is 130 Å². The lowest BCUT2D eigenvalue weighted by atomic mass is 9.98. The zero-order valence-corrected chi connectivity index (χ0v) is 45.1. The molecule has 5 unspecified atom stereocenters. The van der Waals surface area contributed by atoms with Gasteiger partial charge in [0.1, 0.15) is 30.2 Å². The standard InChI is InChI=1S/C13H25N5O4S.C12H24N4O4.C8H16N4O3.C7H18N4O4Si/c1-3-22-12(21)9(5-4-6-16-13(14)15)18-11(20)10(7-23)17-8(2)19;1-12(2,3)10(18)20-7-19-9(17)8(13)5-4-6-16-11(14)15;1-5(13)12-6(7(14)15)3-2-4-11-8(9)10;1-16(13,14)15-6(12)5(8)3-2-4-11-7(9)10/h9-10,23H,3-7H2,1-2H3,(H,17,19)(H,18,20)(H4,14,15,16);8H,4-7,13H2,1-3H3,(H4,14,15,16);6H,2-4H2,1H3,(H,12,13)(H,14,15)(H4,9,10,11);5,13-14H,2-4,8H2,1H3,(H4,9,10,11). The lowest BCUT2D eigenvalue weighted by Crippen LogP contribution is -2.52. The van der Waals surface area contributed by atoms with E-state index < -0.39 is 87.0 Å². The van der Waals surface area contributed by atoms with Gasteiger partial charge in [0.25, 0.3) is 0 Å². The van der Waals surface area contributed by atoms with Gasteiger partial charge in [-0.25, -0.2) is 9.59 Å². The SMILES string of the molecule is CC(=O)NC(CCCN=C(N)N)C(=O)O.CC(C)(C)C(=O)OCOC(=O)C(N)CCCN=C(N)N.CCOC(=O)C(CCCN=C(N)N)NC(=O)C(CS)NC(C)=O.C[Si](O)(O)OC(=O)C(N)CCCN=C(N)N. The van der Waals surface area contributed by atoms with Crippen molar-refractivity contribution in [1.29, 1.82) is 0 Å². The highest BCUT2D eigenvalue weighted by Gasteiger charge is 2.32. The number of carbonyl (C=O) groups is 8. The first-order chi connectivity index (χ1) is 34.1. The summed E-state index contributed by atoms with van der Waals surface area (Å²) in [4.78, 5) is 123. The highest BCUT2D eigenvalue weighted by Crippen LogP contribution is 2.15. The number of aliphatic carboxylic acids is 1. The van der Waals surface area contributed by atoms with Crippen LogP contribution in [0.3, 0.4) is 0 Å². The Morgan fingerprint density at radius 2 is 0.959 bits per heavy atom. The summed E-state index contributed by atoms with van der Waals surface area (Å²) in [5, 5.41) is 16.1. The number of rotatable bonds is 29. The highest BCUT2D eigenvalue weighted by molar-refractivity contribution is 7.80. The van der Waals surface area contributed by atoms with E-state index in [0.717, 1.165) is 6.55 Å². The maximum Gasteiger partial charge on any atom is 0.559 e. The second kappa shape index (κ2) is 41.7. The Morgan fingerprint density at radius 1 is 0.581 bits per heavy atom. The van der Waals surface area contributed by atoms with Crippen LogP contribution in [-0.4, -0.2) is 170 Å². The molecule has 3 amide bonds. The Kier molecular flexibility index (Phi) is 41.6. The van der Waals surface area contributed by atoms with Gasteiger partial charge in [0.2, 0.25) is 24.5 Å². The number of thiol groups is 1. The summed E-state index contributed by atoms with van der Waals surface area (Å²) in [5.74, 6) is -4.75. The van der Waals surface area contributed by atoms with E-state index in [0.29, 0.717) is 77.5 Å². The van der Waals surface area contributed by atoms with Crippen LogP contribution in [0.25, 0.3) is 0 Å². The molecule has 5 atom stereocenters. The van der Waals surface area contributed by atoms with Gasteiger partial charge in [-0.3, -0.25) is 48.7 Å². The van der Waals surface area contributed by atoms with E-state index >= 15 is 0 Å². The Bertz CT molecular complexity index is 1840. The number of esters is 3. The molecular formula is C40H83N17O15SSi. The minimum absolute atomic E-state index is 0.00441. The molecule has 0 aromatic heterocycles. The molecule has 0 aliphatic rings. The molecule has 34 heteroatoms. The van der Waals surface area contributed by atoms with Crippen molar-refractivity contribution in [3.63, 3.8) is 0 Å². The summed E-state index contributed by atoms with van der Waals surface area (Å²) < 4.78 is 18.9. The number of hydrogen-bond donors (Lipinski definition) is 17. The molecule has 0 heterocycles. The van der Waals surface area contributed by atoms with Gasteiger partial charge in [-0.05, 0) is 79.1 Å². The number of nitrogens with two attached hydrogens (primary N) is 10. The van der Waals surface area contributed by atoms with Crippen molar-refractivity contribution in [2.24, 2.45) is 82.7 Å². The number of carboxylic acids is 1. The second-order valence-corrected chi connectivity index (χ2v) is 18.9. The lowest BCUT2D eigenvalue weighted by Gasteiger charge is -2.21. The third-order valence-corrected chi connectivity index (χ3v) is 9.12.